The maximum atomic E-state index is 12.4. The Morgan fingerprint density at radius 2 is 1.07 bits per heavy atom. The fourth-order valence-corrected chi connectivity index (χ4v) is 5.90. The van der Waals surface area contributed by atoms with Crippen LogP contribution in [-0.2, 0) is 26.8 Å². The number of carbonyl (C=O) groups excluding carboxylic acids is 1. The van der Waals surface area contributed by atoms with Gasteiger partial charge in [0.2, 0.25) is 0 Å². The lowest BCUT2D eigenvalue weighted by molar-refractivity contribution is -0.143. The van der Waals surface area contributed by atoms with Crippen molar-refractivity contribution < 1.29 is 14.6 Å². The average molecular weight is 571 g/mol. The Labute approximate surface area is 254 Å². The minimum absolute atomic E-state index is 0.114. The second-order valence-corrected chi connectivity index (χ2v) is 15.1. The van der Waals surface area contributed by atoms with Crippen molar-refractivity contribution in [3.8, 4) is 5.75 Å². The molecule has 41 heavy (non-hydrogen) atoms. The summed E-state index contributed by atoms with van der Waals surface area (Å²) in [6.07, 6.45) is 27.4. The van der Waals surface area contributed by atoms with Crippen LogP contribution in [0.4, 0.5) is 0 Å². The minimum atomic E-state index is -0.159. The molecule has 0 bridgehead atoms. The Balaban J connectivity index is 1.42. The molecule has 236 valence electrons. The van der Waals surface area contributed by atoms with E-state index in [0.717, 1.165) is 35.4 Å². The normalized spacial score (nSPS) is 14.0. The van der Waals surface area contributed by atoms with E-state index in [9.17, 15) is 9.90 Å². The van der Waals surface area contributed by atoms with Gasteiger partial charge in [-0.2, -0.15) is 0 Å². The first-order valence-corrected chi connectivity index (χ1v) is 17.5. The number of aryl methyl sites for hydroxylation is 1. The number of esters is 1. The summed E-state index contributed by atoms with van der Waals surface area (Å²) < 4.78 is 5.53. The van der Waals surface area contributed by atoms with Crippen LogP contribution in [0.5, 0.6) is 5.75 Å². The van der Waals surface area contributed by atoms with Gasteiger partial charge in [0, 0.05) is 6.42 Å². The summed E-state index contributed by atoms with van der Waals surface area (Å²) in [5.41, 5.74) is 2.67. The Kier molecular flexibility index (Phi) is 16.5. The molecule has 0 spiro atoms. The van der Waals surface area contributed by atoms with E-state index in [0.29, 0.717) is 25.2 Å². The fraction of sp³-hybridized carbons (Fsp3) is 0.816. The van der Waals surface area contributed by atoms with Crippen molar-refractivity contribution in [2.75, 3.05) is 6.61 Å². The van der Waals surface area contributed by atoms with E-state index in [1.807, 2.05) is 0 Å². The van der Waals surface area contributed by atoms with Crippen LogP contribution in [-0.4, -0.2) is 17.7 Å². The molecule has 1 aliphatic carbocycles. The smallest absolute Gasteiger partial charge is 0.306 e. The zero-order chi connectivity index (χ0) is 30.1. The Morgan fingerprint density at radius 1 is 0.683 bits per heavy atom. The molecule has 0 aliphatic heterocycles. The lowest BCUT2D eigenvalue weighted by Crippen LogP contribution is -2.18. The second-order valence-electron chi connectivity index (χ2n) is 15.1. The molecule has 1 aromatic carbocycles. The highest BCUT2D eigenvalue weighted by Gasteiger charge is 2.26. The number of rotatable bonds is 22. The van der Waals surface area contributed by atoms with E-state index in [1.54, 1.807) is 0 Å². The summed E-state index contributed by atoms with van der Waals surface area (Å²) in [5, 5.41) is 10.9. The molecular formula is C38H66O3. The van der Waals surface area contributed by atoms with Crippen LogP contribution in [0.1, 0.15) is 187 Å². The molecule has 1 aliphatic rings. The summed E-state index contributed by atoms with van der Waals surface area (Å²) in [6.45, 7) is 13.2. The van der Waals surface area contributed by atoms with Gasteiger partial charge in [0.05, 0.1) is 6.61 Å². The van der Waals surface area contributed by atoms with Gasteiger partial charge in [-0.05, 0) is 46.3 Å². The average Bonchev–Trinajstić information content (AvgIpc) is 3.72. The number of phenols is 1. The summed E-state index contributed by atoms with van der Waals surface area (Å²) in [4.78, 5) is 12.4. The SMILES string of the molecule is CC(C)(C)c1cc(CCC(=O)OCCCCCCCCCCCCCCCCCCC2CC2)cc(C(C)(C)C)c1O. The van der Waals surface area contributed by atoms with E-state index in [2.05, 4.69) is 53.7 Å². The molecule has 0 heterocycles. The van der Waals surface area contributed by atoms with Crippen LogP contribution >= 0.6 is 0 Å². The Morgan fingerprint density at radius 3 is 1.46 bits per heavy atom. The number of hydrogen-bond donors (Lipinski definition) is 1. The predicted octanol–water partition coefficient (Wildman–Crippen LogP) is 11.5. The molecule has 0 atom stereocenters. The summed E-state index contributed by atoms with van der Waals surface area (Å²) >= 11 is 0. The highest BCUT2D eigenvalue weighted by molar-refractivity contribution is 5.69. The van der Waals surface area contributed by atoms with Gasteiger partial charge in [0.25, 0.3) is 0 Å². The maximum Gasteiger partial charge on any atom is 0.306 e. The number of hydrogen-bond acceptors (Lipinski definition) is 3. The number of benzene rings is 1. The van der Waals surface area contributed by atoms with E-state index < -0.39 is 0 Å². The van der Waals surface area contributed by atoms with Gasteiger partial charge < -0.3 is 9.84 Å². The molecule has 3 nitrogen and oxygen atoms in total. The van der Waals surface area contributed by atoms with Gasteiger partial charge in [0.1, 0.15) is 5.75 Å². The number of unbranched alkanes of at least 4 members (excludes halogenated alkanes) is 15. The van der Waals surface area contributed by atoms with Crippen molar-refractivity contribution >= 4 is 5.97 Å². The molecule has 1 saturated carbocycles. The lowest BCUT2D eigenvalue weighted by Gasteiger charge is -2.28. The monoisotopic (exact) mass is 571 g/mol. The first-order valence-electron chi connectivity index (χ1n) is 17.5. The zero-order valence-corrected chi connectivity index (χ0v) is 28.1. The first-order chi connectivity index (χ1) is 19.5. The topological polar surface area (TPSA) is 46.5 Å². The second kappa shape index (κ2) is 18.9. The van der Waals surface area contributed by atoms with Gasteiger partial charge in [0.15, 0.2) is 0 Å². The molecule has 3 heteroatoms. The molecule has 1 N–H and O–H groups in total. The van der Waals surface area contributed by atoms with Gasteiger partial charge in [-0.25, -0.2) is 0 Å². The van der Waals surface area contributed by atoms with Crippen LogP contribution in [0.15, 0.2) is 12.1 Å². The third-order valence-corrected chi connectivity index (χ3v) is 8.87. The minimum Gasteiger partial charge on any atom is -0.507 e. The van der Waals surface area contributed by atoms with E-state index in [4.69, 9.17) is 4.74 Å². The van der Waals surface area contributed by atoms with Crippen molar-refractivity contribution in [3.05, 3.63) is 28.8 Å². The molecule has 0 unspecified atom stereocenters. The van der Waals surface area contributed by atoms with Crippen LogP contribution < -0.4 is 0 Å². The number of phenolic OH excluding ortho intramolecular Hbond substituents is 1. The lowest BCUT2D eigenvalue weighted by atomic mass is 9.78. The molecule has 1 fully saturated rings. The van der Waals surface area contributed by atoms with Crippen molar-refractivity contribution in [1.82, 2.24) is 0 Å². The molecular weight excluding hydrogens is 504 g/mol. The largest absolute Gasteiger partial charge is 0.507 e. The van der Waals surface area contributed by atoms with Crippen LogP contribution in [0.25, 0.3) is 0 Å². The van der Waals surface area contributed by atoms with Gasteiger partial charge in [-0.3, -0.25) is 4.79 Å². The van der Waals surface area contributed by atoms with Gasteiger partial charge >= 0.3 is 5.97 Å². The van der Waals surface area contributed by atoms with Crippen LogP contribution in [0, 0.1) is 5.92 Å². The first kappa shape index (κ1) is 35.7. The highest BCUT2D eigenvalue weighted by Crippen LogP contribution is 2.40. The number of aromatic hydroxyl groups is 1. The summed E-state index contributed by atoms with van der Waals surface area (Å²) in [6, 6.07) is 4.13. The highest BCUT2D eigenvalue weighted by atomic mass is 16.5. The molecule has 0 radical (unpaired) electrons. The molecule has 1 aromatic rings. The predicted molar refractivity (Wildman–Crippen MR) is 176 cm³/mol. The van der Waals surface area contributed by atoms with Crippen LogP contribution in [0.3, 0.4) is 0 Å². The number of ether oxygens (including phenoxy) is 1. The van der Waals surface area contributed by atoms with Gasteiger partial charge in [-0.1, -0.05) is 169 Å². The summed E-state index contributed by atoms with van der Waals surface area (Å²) in [5.74, 6) is 1.39. The van der Waals surface area contributed by atoms with Crippen molar-refractivity contribution in [2.24, 2.45) is 5.92 Å². The fourth-order valence-electron chi connectivity index (χ4n) is 5.90. The number of carbonyl (C=O) groups is 1. The molecule has 0 amide bonds. The van der Waals surface area contributed by atoms with Crippen molar-refractivity contribution in [1.29, 1.82) is 0 Å². The maximum absolute atomic E-state index is 12.4. The van der Waals surface area contributed by atoms with Crippen LogP contribution in [0.2, 0.25) is 0 Å². The molecule has 2 rings (SSSR count). The quantitative estimate of drug-likeness (QED) is 0.111. The standard InChI is InChI=1S/C38H66O3/c1-37(2,3)33-29-32(30-34(36(33)40)38(4,5)6)26-27-35(39)41-28-22-20-18-16-14-12-10-8-7-9-11-13-15-17-19-21-23-31-24-25-31/h29-31,40H,7-28H2,1-6H3. The van der Waals surface area contributed by atoms with Gasteiger partial charge in [-0.15, -0.1) is 0 Å². The van der Waals surface area contributed by atoms with E-state index >= 15 is 0 Å². The Hall–Kier alpha value is -1.51. The zero-order valence-electron chi connectivity index (χ0n) is 28.1. The van der Waals surface area contributed by atoms with E-state index in [-0.39, 0.29) is 16.8 Å². The molecule has 0 aromatic heterocycles. The summed E-state index contributed by atoms with van der Waals surface area (Å²) in [7, 11) is 0. The third-order valence-electron chi connectivity index (χ3n) is 8.87. The van der Waals surface area contributed by atoms with Crippen molar-refractivity contribution in [2.45, 2.75) is 187 Å². The third kappa shape index (κ3) is 16.1. The van der Waals surface area contributed by atoms with E-state index in [1.165, 1.54) is 109 Å². The molecule has 0 saturated heterocycles. The van der Waals surface area contributed by atoms with Crippen molar-refractivity contribution in [3.63, 3.8) is 0 Å². The Bertz CT molecular complexity index is 818.